The van der Waals surface area contributed by atoms with Gasteiger partial charge in [0.1, 0.15) is 17.1 Å². The van der Waals surface area contributed by atoms with Gasteiger partial charge < -0.3 is 19.5 Å². The molecule has 5 nitrogen and oxygen atoms in total. The molecular formula is C22H27NO4. The van der Waals surface area contributed by atoms with E-state index in [1.54, 1.807) is 4.90 Å². The van der Waals surface area contributed by atoms with Gasteiger partial charge >= 0.3 is 6.09 Å². The maximum absolute atomic E-state index is 12.2. The monoisotopic (exact) mass is 369 g/mol. The Bertz CT molecular complexity index is 757. The summed E-state index contributed by atoms with van der Waals surface area (Å²) < 4.78 is 11.2. The smallest absolute Gasteiger partial charge is 0.410 e. The van der Waals surface area contributed by atoms with Gasteiger partial charge in [0.15, 0.2) is 0 Å². The molecule has 1 aliphatic heterocycles. The summed E-state index contributed by atoms with van der Waals surface area (Å²) in [5.74, 6) is 1.49. The van der Waals surface area contributed by atoms with Crippen LogP contribution in [-0.4, -0.2) is 34.8 Å². The first kappa shape index (κ1) is 19.2. The average Bonchev–Trinajstić information content (AvgIpc) is 2.62. The van der Waals surface area contributed by atoms with Crippen LogP contribution in [0.4, 0.5) is 4.79 Å². The summed E-state index contributed by atoms with van der Waals surface area (Å²) in [6.07, 6.45) is 0.632. The number of nitrogens with zero attached hydrogens (tertiary/aromatic N) is 1. The molecule has 0 unspecified atom stereocenters. The van der Waals surface area contributed by atoms with Crippen LogP contribution in [-0.2, 0) is 10.3 Å². The highest BCUT2D eigenvalue weighted by molar-refractivity contribution is 5.68. The lowest BCUT2D eigenvalue weighted by Gasteiger charge is -2.39. The number of benzene rings is 2. The Labute approximate surface area is 160 Å². The molecular weight excluding hydrogens is 342 g/mol. The van der Waals surface area contributed by atoms with Crippen LogP contribution in [0, 0.1) is 0 Å². The second-order valence-corrected chi connectivity index (χ2v) is 7.94. The Morgan fingerprint density at radius 1 is 0.963 bits per heavy atom. The van der Waals surface area contributed by atoms with Gasteiger partial charge in [0, 0.05) is 13.1 Å². The van der Waals surface area contributed by atoms with Crippen LogP contribution in [0.3, 0.4) is 0 Å². The molecule has 1 aliphatic rings. The molecule has 2 aromatic carbocycles. The predicted molar refractivity (Wildman–Crippen MR) is 104 cm³/mol. The Balaban J connectivity index is 1.61. The van der Waals surface area contributed by atoms with Crippen LogP contribution in [0.25, 0.3) is 0 Å². The number of likely N-dealkylation sites (tertiary alicyclic amines) is 1. The molecule has 1 saturated heterocycles. The maximum Gasteiger partial charge on any atom is 0.410 e. The quantitative estimate of drug-likeness (QED) is 0.852. The zero-order valence-corrected chi connectivity index (χ0v) is 16.1. The number of hydrogen-bond donors (Lipinski definition) is 1. The fourth-order valence-corrected chi connectivity index (χ4v) is 3.13. The van der Waals surface area contributed by atoms with Crippen LogP contribution in [0.2, 0.25) is 0 Å². The molecule has 2 aromatic rings. The van der Waals surface area contributed by atoms with Gasteiger partial charge in [-0.15, -0.1) is 0 Å². The summed E-state index contributed by atoms with van der Waals surface area (Å²) in [5.41, 5.74) is -0.616. The predicted octanol–water partition coefficient (Wildman–Crippen LogP) is 4.70. The van der Waals surface area contributed by atoms with Gasteiger partial charge in [0.2, 0.25) is 0 Å². The number of ether oxygens (including phenoxy) is 2. The number of hydrogen-bond acceptors (Lipinski definition) is 4. The highest BCUT2D eigenvalue weighted by Gasteiger charge is 2.36. The van der Waals surface area contributed by atoms with Crippen LogP contribution >= 0.6 is 0 Å². The summed E-state index contributed by atoms with van der Waals surface area (Å²) in [4.78, 5) is 13.8. The molecule has 1 N–H and O–H groups in total. The van der Waals surface area contributed by atoms with E-state index >= 15 is 0 Å². The van der Waals surface area contributed by atoms with Crippen molar-refractivity contribution in [3.8, 4) is 11.5 Å². The van der Waals surface area contributed by atoms with E-state index in [4.69, 9.17) is 9.47 Å². The third-order valence-corrected chi connectivity index (χ3v) is 4.61. The molecule has 0 aliphatic carbocycles. The number of para-hydroxylation sites is 1. The topological polar surface area (TPSA) is 59.0 Å². The minimum Gasteiger partial charge on any atom is -0.457 e. The number of aliphatic hydroxyl groups is 1. The Hall–Kier alpha value is -2.53. The standard InChI is InChI=1S/C22H27NO4/c1-21(2,3)27-20(24)23-15-13-22(25,14-16-23)17-9-11-19(12-10-17)26-18-7-5-4-6-8-18/h4-12,25H,13-16H2,1-3H3. The lowest BCUT2D eigenvalue weighted by Crippen LogP contribution is -2.46. The lowest BCUT2D eigenvalue weighted by molar-refractivity contribution is -0.0356. The van der Waals surface area contributed by atoms with E-state index in [2.05, 4.69) is 0 Å². The zero-order valence-electron chi connectivity index (χ0n) is 16.1. The summed E-state index contributed by atoms with van der Waals surface area (Å²) >= 11 is 0. The van der Waals surface area contributed by atoms with E-state index < -0.39 is 11.2 Å². The fraction of sp³-hybridized carbons (Fsp3) is 0.409. The molecule has 1 amide bonds. The average molecular weight is 369 g/mol. The Morgan fingerprint density at radius 3 is 2.07 bits per heavy atom. The van der Waals surface area contributed by atoms with E-state index in [0.29, 0.717) is 25.9 Å². The van der Waals surface area contributed by atoms with Crippen molar-refractivity contribution in [3.63, 3.8) is 0 Å². The first-order chi connectivity index (χ1) is 12.8. The molecule has 0 spiro atoms. The molecule has 1 heterocycles. The molecule has 0 aromatic heterocycles. The number of carbonyl (C=O) groups excluding carboxylic acids is 1. The highest BCUT2D eigenvalue weighted by atomic mass is 16.6. The molecule has 0 atom stereocenters. The van der Waals surface area contributed by atoms with Crippen LogP contribution < -0.4 is 4.74 Å². The second kappa shape index (κ2) is 7.61. The highest BCUT2D eigenvalue weighted by Crippen LogP contribution is 2.34. The molecule has 1 fully saturated rings. The van der Waals surface area contributed by atoms with Gasteiger partial charge in [-0.05, 0) is 63.4 Å². The Morgan fingerprint density at radius 2 is 1.52 bits per heavy atom. The van der Waals surface area contributed by atoms with Crippen molar-refractivity contribution < 1.29 is 19.4 Å². The van der Waals surface area contributed by atoms with Crippen molar-refractivity contribution in [2.45, 2.75) is 44.8 Å². The fourth-order valence-electron chi connectivity index (χ4n) is 3.13. The minimum absolute atomic E-state index is 0.323. The zero-order chi connectivity index (χ0) is 19.5. The first-order valence-electron chi connectivity index (χ1n) is 9.29. The van der Waals surface area contributed by atoms with E-state index in [1.807, 2.05) is 75.4 Å². The van der Waals surface area contributed by atoms with E-state index in [-0.39, 0.29) is 6.09 Å². The molecule has 5 heteroatoms. The van der Waals surface area contributed by atoms with Crippen LogP contribution in [0.15, 0.2) is 54.6 Å². The largest absolute Gasteiger partial charge is 0.457 e. The van der Waals surface area contributed by atoms with Crippen molar-refractivity contribution in [1.82, 2.24) is 4.90 Å². The first-order valence-corrected chi connectivity index (χ1v) is 9.29. The van der Waals surface area contributed by atoms with Crippen LogP contribution in [0.1, 0.15) is 39.2 Å². The summed E-state index contributed by atoms with van der Waals surface area (Å²) in [7, 11) is 0. The summed E-state index contributed by atoms with van der Waals surface area (Å²) in [5, 5.41) is 11.0. The van der Waals surface area contributed by atoms with Crippen molar-refractivity contribution in [2.75, 3.05) is 13.1 Å². The van der Waals surface area contributed by atoms with Crippen LogP contribution in [0.5, 0.6) is 11.5 Å². The Kier molecular flexibility index (Phi) is 5.42. The molecule has 0 bridgehead atoms. The number of piperidine rings is 1. The van der Waals surface area contributed by atoms with Crippen molar-refractivity contribution in [3.05, 3.63) is 60.2 Å². The number of carbonyl (C=O) groups is 1. The lowest BCUT2D eigenvalue weighted by atomic mass is 9.84. The van der Waals surface area contributed by atoms with E-state index in [1.165, 1.54) is 0 Å². The third kappa shape index (κ3) is 5.01. The minimum atomic E-state index is -0.941. The van der Waals surface area contributed by atoms with Gasteiger partial charge in [-0.1, -0.05) is 30.3 Å². The normalized spacial score (nSPS) is 16.7. The molecule has 0 saturated carbocycles. The molecule has 0 radical (unpaired) electrons. The number of rotatable bonds is 3. The van der Waals surface area contributed by atoms with E-state index in [0.717, 1.165) is 17.1 Å². The third-order valence-electron chi connectivity index (χ3n) is 4.61. The molecule has 144 valence electrons. The van der Waals surface area contributed by atoms with E-state index in [9.17, 15) is 9.90 Å². The van der Waals surface area contributed by atoms with Crippen molar-refractivity contribution >= 4 is 6.09 Å². The summed E-state index contributed by atoms with van der Waals surface area (Å²) in [6, 6.07) is 17.1. The van der Waals surface area contributed by atoms with Gasteiger partial charge in [-0.25, -0.2) is 4.79 Å². The number of amides is 1. The summed E-state index contributed by atoms with van der Waals surface area (Å²) in [6.45, 7) is 6.49. The SMILES string of the molecule is CC(C)(C)OC(=O)N1CCC(O)(c2ccc(Oc3ccccc3)cc2)CC1. The van der Waals surface area contributed by atoms with Gasteiger partial charge in [0.25, 0.3) is 0 Å². The maximum atomic E-state index is 12.2. The molecule has 3 rings (SSSR count). The molecule has 27 heavy (non-hydrogen) atoms. The van der Waals surface area contributed by atoms with Gasteiger partial charge in [-0.2, -0.15) is 0 Å². The second-order valence-electron chi connectivity index (χ2n) is 7.94. The van der Waals surface area contributed by atoms with Crippen molar-refractivity contribution in [2.24, 2.45) is 0 Å². The van der Waals surface area contributed by atoms with Crippen molar-refractivity contribution in [1.29, 1.82) is 0 Å². The van der Waals surface area contributed by atoms with Gasteiger partial charge in [0.05, 0.1) is 5.60 Å². The van der Waals surface area contributed by atoms with Gasteiger partial charge in [-0.3, -0.25) is 0 Å².